The molecular formula is C10H18N2S. The van der Waals surface area contributed by atoms with Crippen molar-refractivity contribution in [2.24, 2.45) is 5.92 Å². The Morgan fingerprint density at radius 3 is 2.77 bits per heavy atom. The Labute approximate surface area is 85.1 Å². The van der Waals surface area contributed by atoms with Gasteiger partial charge in [0.15, 0.2) is 0 Å². The highest BCUT2D eigenvalue weighted by Crippen LogP contribution is 2.35. The van der Waals surface area contributed by atoms with Crippen molar-refractivity contribution in [2.75, 3.05) is 12.3 Å². The molecule has 0 aromatic rings. The largest absolute Gasteiger partial charge is 0.298 e. The fourth-order valence-electron chi connectivity index (χ4n) is 1.55. The minimum absolute atomic E-state index is 0.255. The van der Waals surface area contributed by atoms with Crippen molar-refractivity contribution in [3.05, 3.63) is 0 Å². The summed E-state index contributed by atoms with van der Waals surface area (Å²) in [6, 6.07) is 2.45. The van der Waals surface area contributed by atoms with Crippen LogP contribution in [0.4, 0.5) is 0 Å². The van der Waals surface area contributed by atoms with Crippen LogP contribution < -0.4 is 5.32 Å². The van der Waals surface area contributed by atoms with Crippen LogP contribution in [0.25, 0.3) is 0 Å². The van der Waals surface area contributed by atoms with E-state index in [2.05, 4.69) is 32.2 Å². The van der Waals surface area contributed by atoms with Gasteiger partial charge in [-0.05, 0) is 24.6 Å². The summed E-state index contributed by atoms with van der Waals surface area (Å²) in [4.78, 5) is 0. The van der Waals surface area contributed by atoms with Crippen molar-refractivity contribution in [2.45, 2.75) is 38.0 Å². The van der Waals surface area contributed by atoms with Crippen molar-refractivity contribution in [3.63, 3.8) is 0 Å². The van der Waals surface area contributed by atoms with E-state index in [-0.39, 0.29) is 5.54 Å². The van der Waals surface area contributed by atoms with Crippen LogP contribution in [0.15, 0.2) is 0 Å². The third-order valence-corrected chi connectivity index (χ3v) is 3.93. The summed E-state index contributed by atoms with van der Waals surface area (Å²) in [6.45, 7) is 7.43. The first-order valence-electron chi connectivity index (χ1n) is 4.88. The normalized spacial score (nSPS) is 33.6. The van der Waals surface area contributed by atoms with Gasteiger partial charge in [0, 0.05) is 5.25 Å². The maximum Gasteiger partial charge on any atom is 0.119 e. The molecule has 0 amide bonds. The van der Waals surface area contributed by atoms with Crippen LogP contribution in [-0.2, 0) is 0 Å². The van der Waals surface area contributed by atoms with E-state index in [0.717, 1.165) is 18.7 Å². The highest BCUT2D eigenvalue weighted by molar-refractivity contribution is 8.00. The minimum Gasteiger partial charge on any atom is -0.298 e. The van der Waals surface area contributed by atoms with Gasteiger partial charge in [-0.1, -0.05) is 20.8 Å². The maximum absolute atomic E-state index is 9.17. The van der Waals surface area contributed by atoms with Gasteiger partial charge < -0.3 is 0 Å². The Bertz CT molecular complexity index is 209. The zero-order valence-corrected chi connectivity index (χ0v) is 9.45. The Hall–Kier alpha value is -0.200. The van der Waals surface area contributed by atoms with Crippen LogP contribution >= 0.6 is 11.8 Å². The topological polar surface area (TPSA) is 35.8 Å². The second-order valence-corrected chi connectivity index (χ2v) is 5.57. The van der Waals surface area contributed by atoms with Gasteiger partial charge in [0.25, 0.3) is 0 Å². The van der Waals surface area contributed by atoms with Crippen LogP contribution in [0.1, 0.15) is 27.2 Å². The summed E-state index contributed by atoms with van der Waals surface area (Å²) in [5.74, 6) is 1.72. The molecule has 0 aliphatic carbocycles. The van der Waals surface area contributed by atoms with E-state index >= 15 is 0 Å². The lowest BCUT2D eigenvalue weighted by Gasteiger charge is -2.27. The molecule has 1 fully saturated rings. The average Bonchev–Trinajstić information content (AvgIpc) is 2.45. The summed E-state index contributed by atoms with van der Waals surface area (Å²) in [5.41, 5.74) is -0.255. The lowest BCUT2D eigenvalue weighted by Crippen LogP contribution is -2.49. The zero-order chi connectivity index (χ0) is 9.90. The van der Waals surface area contributed by atoms with Crippen LogP contribution in [-0.4, -0.2) is 23.1 Å². The van der Waals surface area contributed by atoms with Crippen LogP contribution in [0.3, 0.4) is 0 Å². The van der Waals surface area contributed by atoms with Crippen molar-refractivity contribution in [1.82, 2.24) is 5.32 Å². The van der Waals surface area contributed by atoms with Gasteiger partial charge in [0.2, 0.25) is 0 Å². The second-order valence-electron chi connectivity index (χ2n) is 4.12. The molecule has 0 spiro atoms. The minimum atomic E-state index is -0.255. The molecule has 74 valence electrons. The molecule has 0 aromatic carbocycles. The van der Waals surface area contributed by atoms with Gasteiger partial charge >= 0.3 is 0 Å². The molecule has 1 rings (SSSR count). The van der Waals surface area contributed by atoms with E-state index < -0.39 is 0 Å². The lowest BCUT2D eigenvalue weighted by atomic mass is 9.94. The molecule has 2 unspecified atom stereocenters. The molecule has 2 nitrogen and oxygen atoms in total. The molecule has 1 heterocycles. The lowest BCUT2D eigenvalue weighted by molar-refractivity contribution is 0.385. The van der Waals surface area contributed by atoms with Crippen molar-refractivity contribution >= 4 is 11.8 Å². The van der Waals surface area contributed by atoms with Crippen LogP contribution in [0.2, 0.25) is 0 Å². The van der Waals surface area contributed by atoms with E-state index in [0.29, 0.717) is 11.2 Å². The zero-order valence-electron chi connectivity index (χ0n) is 8.63. The van der Waals surface area contributed by atoms with Crippen molar-refractivity contribution in [1.29, 1.82) is 5.26 Å². The molecule has 1 aliphatic rings. The molecular weight excluding hydrogens is 180 g/mol. The summed E-state index contributed by atoms with van der Waals surface area (Å²) < 4.78 is 0. The fraction of sp³-hybridized carbons (Fsp3) is 0.900. The standard InChI is InChI=1S/C10H18N2S/c1-8(2)6-12-10(7-11)4-5-13-9(10)3/h8-9,12H,4-6H2,1-3H3. The fourth-order valence-corrected chi connectivity index (χ4v) is 2.88. The Kier molecular flexibility index (Phi) is 3.63. The second kappa shape index (κ2) is 4.34. The first-order valence-corrected chi connectivity index (χ1v) is 5.93. The van der Waals surface area contributed by atoms with E-state index in [1.54, 1.807) is 0 Å². The van der Waals surface area contributed by atoms with Crippen molar-refractivity contribution in [3.8, 4) is 6.07 Å². The Morgan fingerprint density at radius 2 is 2.38 bits per heavy atom. The van der Waals surface area contributed by atoms with Gasteiger partial charge in [0.05, 0.1) is 6.07 Å². The predicted molar refractivity (Wildman–Crippen MR) is 57.7 cm³/mol. The quantitative estimate of drug-likeness (QED) is 0.753. The summed E-state index contributed by atoms with van der Waals surface area (Å²) in [5, 5.41) is 13.0. The Balaban J connectivity index is 2.55. The average molecular weight is 198 g/mol. The van der Waals surface area contributed by atoms with E-state index in [1.165, 1.54) is 0 Å². The van der Waals surface area contributed by atoms with Crippen LogP contribution in [0, 0.1) is 17.2 Å². The molecule has 3 heteroatoms. The highest BCUT2D eigenvalue weighted by Gasteiger charge is 2.40. The van der Waals surface area contributed by atoms with Gasteiger partial charge in [-0.2, -0.15) is 17.0 Å². The number of hydrogen-bond donors (Lipinski definition) is 1. The van der Waals surface area contributed by atoms with E-state index in [4.69, 9.17) is 0 Å². The molecule has 1 aliphatic heterocycles. The molecule has 13 heavy (non-hydrogen) atoms. The predicted octanol–water partition coefficient (Wildman–Crippen LogP) is 2.02. The number of nitriles is 1. The summed E-state index contributed by atoms with van der Waals surface area (Å²) in [7, 11) is 0. The third-order valence-electron chi connectivity index (χ3n) is 2.58. The first kappa shape index (κ1) is 10.9. The summed E-state index contributed by atoms with van der Waals surface area (Å²) >= 11 is 1.90. The first-order chi connectivity index (χ1) is 6.10. The summed E-state index contributed by atoms with van der Waals surface area (Å²) in [6.07, 6.45) is 0.988. The van der Waals surface area contributed by atoms with Gasteiger partial charge in [0.1, 0.15) is 5.54 Å². The molecule has 0 bridgehead atoms. The molecule has 0 saturated carbocycles. The third kappa shape index (κ3) is 2.38. The molecule has 0 aromatic heterocycles. The van der Waals surface area contributed by atoms with Crippen molar-refractivity contribution < 1.29 is 0 Å². The smallest absolute Gasteiger partial charge is 0.119 e. The Morgan fingerprint density at radius 1 is 1.69 bits per heavy atom. The number of thioether (sulfide) groups is 1. The SMILES string of the molecule is CC(C)CNC1(C#N)CCSC1C. The number of rotatable bonds is 3. The van der Waals surface area contributed by atoms with Gasteiger partial charge in [-0.3, -0.25) is 5.32 Å². The van der Waals surface area contributed by atoms with Crippen LogP contribution in [0.5, 0.6) is 0 Å². The molecule has 1 N–H and O–H groups in total. The molecule has 2 atom stereocenters. The number of nitrogens with one attached hydrogen (secondary N) is 1. The number of nitrogens with zero attached hydrogens (tertiary/aromatic N) is 1. The van der Waals surface area contributed by atoms with E-state index in [1.807, 2.05) is 11.8 Å². The van der Waals surface area contributed by atoms with Gasteiger partial charge in [-0.15, -0.1) is 0 Å². The molecule has 1 saturated heterocycles. The monoisotopic (exact) mass is 198 g/mol. The maximum atomic E-state index is 9.17. The van der Waals surface area contributed by atoms with E-state index in [9.17, 15) is 5.26 Å². The highest BCUT2D eigenvalue weighted by atomic mass is 32.2. The number of hydrogen-bond acceptors (Lipinski definition) is 3. The molecule has 0 radical (unpaired) electrons. The van der Waals surface area contributed by atoms with Gasteiger partial charge in [-0.25, -0.2) is 0 Å².